The molecular formula is C60H80N6O10. The molecule has 4 aliphatic rings. The normalized spacial score (nSPS) is 30.2. The summed E-state index contributed by atoms with van der Waals surface area (Å²) in [5.74, 6) is -5.22. The van der Waals surface area contributed by atoms with Crippen molar-refractivity contribution in [2.24, 2.45) is 45.4 Å². The number of Topliss-reactive ketones (excluding diaryl/α,β-unsaturated/α-hetero) is 1. The summed E-state index contributed by atoms with van der Waals surface area (Å²) >= 11 is 0. The number of allylic oxidation sites excluding steroid dienone is 5. The predicted molar refractivity (Wildman–Crippen MR) is 293 cm³/mol. The van der Waals surface area contributed by atoms with Crippen LogP contribution >= 0.6 is 0 Å². The number of phenols is 1. The first-order chi connectivity index (χ1) is 36.0. The van der Waals surface area contributed by atoms with E-state index in [2.05, 4.69) is 22.2 Å². The van der Waals surface area contributed by atoms with Gasteiger partial charge in [-0.05, 0) is 148 Å². The number of nitrogens with zero attached hydrogens (tertiary/aromatic N) is 1. The molecule has 2 bridgehead atoms. The standard InChI is InChI=1S/C60H80N6O10/c1-34(2)21-26-60(75,76)35(3)9-6-13-41(33-67)45-23-25-59(54(45)72)49-20-19-43(69)28-37-10-7-11-38(27-37)29-47(48(31-65-57(62)63)39-15-17-42(68)18-16-39)51(71)32-64-53-52-40(12-8-14-46(52)55(61)66-56(53)73)30-50(70)36(4)44(49)22-24-58(59,5)74/h6-18,21,27,43,45,47-49,51,53-55,64,67-69,71-72,74-76H,3,19-20,22-26,28-33,61H2,1-2,4-5H3,(H,66,73)(H4,62,63,65)/b9-6+,41-13-,44-36+/t43-,45+,47+,48+,49+,51+,53+,54+,55+,58+,59+/m0/s1. The first-order valence-electron chi connectivity index (χ1n) is 26.6. The van der Waals surface area contributed by atoms with Crippen LogP contribution in [0.15, 0.2) is 130 Å². The molecule has 3 aromatic carbocycles. The monoisotopic (exact) mass is 1040 g/mol. The zero-order chi connectivity index (χ0) is 55.3. The Morgan fingerprint density at radius 2 is 1.67 bits per heavy atom. The molecule has 2 fully saturated rings. The van der Waals surface area contributed by atoms with Gasteiger partial charge in [-0.25, -0.2) is 0 Å². The van der Waals surface area contributed by atoms with Crippen LogP contribution in [0.2, 0.25) is 0 Å². The van der Waals surface area contributed by atoms with Crippen LogP contribution in [0.25, 0.3) is 0 Å². The number of carbonyl (C=O) groups excluding carboxylic acids is 2. The first kappa shape index (κ1) is 57.9. The number of amides is 1. The number of fused-ring (bicyclic) bond motifs is 4. The molecule has 2 aliphatic heterocycles. The Labute approximate surface area is 446 Å². The van der Waals surface area contributed by atoms with E-state index in [1.807, 2.05) is 38.1 Å². The summed E-state index contributed by atoms with van der Waals surface area (Å²) < 4.78 is 0. The highest BCUT2D eigenvalue weighted by molar-refractivity contribution is 5.98. The first-order valence-corrected chi connectivity index (χ1v) is 26.6. The van der Waals surface area contributed by atoms with E-state index in [9.17, 15) is 45.6 Å². The van der Waals surface area contributed by atoms with E-state index >= 15 is 4.79 Å². The summed E-state index contributed by atoms with van der Waals surface area (Å²) in [5, 5.41) is 98.6. The molecule has 1 spiro atoms. The molecule has 1 amide bonds. The summed E-state index contributed by atoms with van der Waals surface area (Å²) in [6.45, 7) is 10.7. The summed E-state index contributed by atoms with van der Waals surface area (Å²) in [5.41, 5.74) is 22.5. The number of benzene rings is 3. The highest BCUT2D eigenvalue weighted by Gasteiger charge is 2.64. The van der Waals surface area contributed by atoms with Gasteiger partial charge in [-0.15, -0.1) is 0 Å². The van der Waals surface area contributed by atoms with Gasteiger partial charge in [0.05, 0.1) is 30.5 Å². The third-order valence-electron chi connectivity index (χ3n) is 17.0. The van der Waals surface area contributed by atoms with Crippen molar-refractivity contribution in [2.45, 2.75) is 140 Å². The Bertz CT molecular complexity index is 2760. The Kier molecular flexibility index (Phi) is 18.5. The lowest BCUT2D eigenvalue weighted by Gasteiger charge is -2.56. The number of phenolic OH excluding ortho intramolecular Hbond substituents is 1. The van der Waals surface area contributed by atoms with E-state index in [1.165, 1.54) is 6.08 Å². The van der Waals surface area contributed by atoms with E-state index < -0.39 is 83.5 Å². The van der Waals surface area contributed by atoms with Crippen molar-refractivity contribution in [2.75, 3.05) is 19.7 Å². The smallest absolute Gasteiger partial charge is 0.243 e. The number of nitrogens with two attached hydrogens (primary N) is 3. The minimum Gasteiger partial charge on any atom is -0.508 e. The van der Waals surface area contributed by atoms with Gasteiger partial charge in [0.1, 0.15) is 18.0 Å². The second kappa shape index (κ2) is 24.3. The van der Waals surface area contributed by atoms with Crippen molar-refractivity contribution in [1.29, 1.82) is 0 Å². The van der Waals surface area contributed by atoms with Gasteiger partial charge in [0.2, 0.25) is 5.91 Å². The molecule has 7 rings (SSSR count). The fraction of sp³-hybridized carbons (Fsp3) is 0.483. The van der Waals surface area contributed by atoms with E-state index in [-0.39, 0.29) is 68.3 Å². The van der Waals surface area contributed by atoms with Crippen LogP contribution in [0.5, 0.6) is 5.75 Å². The molecule has 0 saturated heterocycles. The fourth-order valence-corrected chi connectivity index (χ4v) is 12.7. The number of aliphatic imine (C=N–C) groups is 1. The Morgan fingerprint density at radius 3 is 2.36 bits per heavy atom. The van der Waals surface area contributed by atoms with Crippen LogP contribution in [-0.2, 0) is 28.9 Å². The number of aliphatic hydroxyl groups excluding tert-OH is 4. The second-order valence-corrected chi connectivity index (χ2v) is 22.2. The molecule has 2 saturated carbocycles. The zero-order valence-electron chi connectivity index (χ0n) is 44.3. The average Bonchev–Trinajstić information content (AvgIpc) is 3.72. The topological polar surface area (TPSA) is 310 Å². The molecule has 2 aliphatic carbocycles. The Morgan fingerprint density at radius 1 is 0.974 bits per heavy atom. The summed E-state index contributed by atoms with van der Waals surface area (Å²) in [6, 6.07) is 18.8. The minimum absolute atomic E-state index is 0.0383. The third-order valence-corrected chi connectivity index (χ3v) is 17.0. The molecule has 11 atom stereocenters. The lowest BCUT2D eigenvalue weighted by Crippen LogP contribution is -2.59. The van der Waals surface area contributed by atoms with E-state index in [1.54, 1.807) is 74.5 Å². The molecule has 76 heavy (non-hydrogen) atoms. The van der Waals surface area contributed by atoms with E-state index in [0.717, 1.165) is 27.8 Å². The van der Waals surface area contributed by atoms with E-state index in [0.29, 0.717) is 59.9 Å². The van der Waals surface area contributed by atoms with Crippen LogP contribution in [0.3, 0.4) is 0 Å². The highest BCUT2D eigenvalue weighted by Crippen LogP contribution is 2.63. The van der Waals surface area contributed by atoms with Crippen molar-refractivity contribution < 1.29 is 50.4 Å². The Hall–Kier alpha value is -5.79. The molecule has 3 aromatic rings. The van der Waals surface area contributed by atoms with E-state index in [4.69, 9.17) is 17.2 Å². The maximum atomic E-state index is 15.0. The van der Waals surface area contributed by atoms with Crippen LogP contribution in [0.1, 0.15) is 124 Å². The maximum absolute atomic E-state index is 15.0. The third kappa shape index (κ3) is 12.6. The van der Waals surface area contributed by atoms with Gasteiger partial charge >= 0.3 is 0 Å². The molecular weight excluding hydrogens is 965 g/mol. The van der Waals surface area contributed by atoms with Crippen LogP contribution in [0, 0.1) is 23.2 Å². The number of hydrogen-bond donors (Lipinski definition) is 13. The quantitative estimate of drug-likeness (QED) is 0.0414. The number of nitrogens with one attached hydrogen (secondary N) is 2. The SMILES string of the molecule is C=C(/C=C/C=C(/CO)[C@H]1CC[C@@]2([C@@H]3CC[C@H](O)Cc4cccc(c4)C[C@H]([C@H](CN=C(N)N)c4ccc(O)cc4)[C@H](O)CN[C@H]4C(=O)N[C@@H](N)c5cccc(c54)CC(=O)/C(C)=C/3CC[C@@]2(C)O)[C@@H]1O)C(O)(O)CC=C(C)C. The van der Waals surface area contributed by atoms with Crippen molar-refractivity contribution in [3.63, 3.8) is 0 Å². The largest absolute Gasteiger partial charge is 0.508 e. The van der Waals surface area contributed by atoms with Crippen molar-refractivity contribution in [1.82, 2.24) is 10.6 Å². The number of hydrogen-bond acceptors (Lipinski definition) is 13. The molecule has 0 unspecified atom stereocenters. The molecule has 410 valence electrons. The highest BCUT2D eigenvalue weighted by atomic mass is 16.5. The number of ketones is 1. The van der Waals surface area contributed by atoms with Crippen LogP contribution < -0.4 is 27.8 Å². The van der Waals surface area contributed by atoms with Gasteiger partial charge in [-0.1, -0.05) is 96.6 Å². The van der Waals surface area contributed by atoms with Gasteiger partial charge in [-0.2, -0.15) is 0 Å². The van der Waals surface area contributed by atoms with Crippen molar-refractivity contribution in [3.8, 4) is 5.75 Å². The zero-order valence-corrected chi connectivity index (χ0v) is 44.3. The summed E-state index contributed by atoms with van der Waals surface area (Å²) in [7, 11) is 0. The average molecular weight is 1050 g/mol. The molecule has 16 nitrogen and oxygen atoms in total. The van der Waals surface area contributed by atoms with Gasteiger partial charge in [0.15, 0.2) is 17.5 Å². The lowest BCUT2D eigenvalue weighted by atomic mass is 9.52. The molecule has 0 aromatic heterocycles. The second-order valence-electron chi connectivity index (χ2n) is 22.2. The summed E-state index contributed by atoms with van der Waals surface area (Å²) in [6.07, 6.45) is 4.49. The summed E-state index contributed by atoms with van der Waals surface area (Å²) in [4.78, 5) is 33.5. The van der Waals surface area contributed by atoms with Crippen molar-refractivity contribution in [3.05, 3.63) is 159 Å². The van der Waals surface area contributed by atoms with Crippen LogP contribution in [-0.4, -0.2) is 108 Å². The number of aliphatic hydroxyl groups is 7. The Balaban J connectivity index is 1.31. The number of rotatable bonds is 11. The maximum Gasteiger partial charge on any atom is 0.243 e. The molecule has 0 radical (unpaired) electrons. The van der Waals surface area contributed by atoms with Crippen LogP contribution in [0.4, 0.5) is 0 Å². The molecule has 16 heteroatoms. The number of carbonyl (C=O) groups is 2. The fourth-order valence-electron chi connectivity index (χ4n) is 12.7. The number of aromatic hydroxyl groups is 1. The molecule has 16 N–H and O–H groups in total. The lowest BCUT2D eigenvalue weighted by molar-refractivity contribution is -0.168. The minimum atomic E-state index is -2.20. The molecule has 2 heterocycles. The van der Waals surface area contributed by atoms with Gasteiger partial charge < -0.3 is 63.4 Å². The van der Waals surface area contributed by atoms with Gasteiger partial charge in [0, 0.05) is 48.8 Å². The van der Waals surface area contributed by atoms with Gasteiger partial charge in [0.25, 0.3) is 0 Å². The number of β-amino-alcohol motifs (C(OH)–C–C–N with tert-alkyl or cyclic N) is 1. The number of guanidine groups is 1. The van der Waals surface area contributed by atoms with Crippen molar-refractivity contribution >= 4 is 17.6 Å². The predicted octanol–water partition coefficient (Wildman–Crippen LogP) is 4.50. The van der Waals surface area contributed by atoms with Gasteiger partial charge in [-0.3, -0.25) is 19.9 Å².